The van der Waals surface area contributed by atoms with Gasteiger partial charge in [-0.2, -0.15) is 0 Å². The molecule has 0 aromatic heterocycles. The Hall–Kier alpha value is -1.51. The van der Waals surface area contributed by atoms with Crippen molar-refractivity contribution in [3.05, 3.63) is 29.8 Å². The molecular weight excluding hydrogens is 214 g/mol. The summed E-state index contributed by atoms with van der Waals surface area (Å²) in [5.74, 6) is 0.632. The van der Waals surface area contributed by atoms with Gasteiger partial charge in [0, 0.05) is 11.8 Å². The van der Waals surface area contributed by atoms with E-state index < -0.39 is 0 Å². The molecule has 0 heterocycles. The van der Waals surface area contributed by atoms with E-state index in [1.54, 1.807) is 7.11 Å². The Kier molecular flexibility index (Phi) is 3.36. The minimum absolute atomic E-state index is 0.0552. The number of amides is 1. The van der Waals surface area contributed by atoms with Gasteiger partial charge < -0.3 is 10.5 Å². The number of carbonyl (C=O) groups excluding carboxylic acids is 1. The number of methoxy groups -OCH3 is 1. The molecular formula is C14H19NO2. The molecule has 1 aromatic carbocycles. The molecule has 0 unspecified atom stereocenters. The van der Waals surface area contributed by atoms with Crippen LogP contribution in [0, 0.1) is 0 Å². The summed E-state index contributed by atoms with van der Waals surface area (Å²) < 4.78 is 5.25. The van der Waals surface area contributed by atoms with E-state index >= 15 is 0 Å². The van der Waals surface area contributed by atoms with Crippen LogP contribution in [-0.2, 0) is 10.2 Å². The van der Waals surface area contributed by atoms with E-state index in [0.29, 0.717) is 6.42 Å². The molecule has 2 N–H and O–H groups in total. The molecule has 0 radical (unpaired) electrons. The number of rotatable bonds is 4. The second kappa shape index (κ2) is 4.78. The van der Waals surface area contributed by atoms with Crippen LogP contribution in [0.4, 0.5) is 0 Å². The highest BCUT2D eigenvalue weighted by Crippen LogP contribution is 2.44. The van der Waals surface area contributed by atoms with Gasteiger partial charge in [0.2, 0.25) is 5.91 Å². The van der Waals surface area contributed by atoms with Crippen molar-refractivity contribution in [3.8, 4) is 5.75 Å². The molecule has 1 aliphatic carbocycles. The first-order valence-corrected chi connectivity index (χ1v) is 6.09. The Bertz CT molecular complexity index is 408. The first-order valence-electron chi connectivity index (χ1n) is 6.09. The van der Waals surface area contributed by atoms with Crippen LogP contribution in [0.15, 0.2) is 24.3 Å². The number of ether oxygens (including phenoxy) is 1. The van der Waals surface area contributed by atoms with Crippen LogP contribution < -0.4 is 10.5 Å². The van der Waals surface area contributed by atoms with Crippen molar-refractivity contribution in [2.24, 2.45) is 5.73 Å². The van der Waals surface area contributed by atoms with Crippen molar-refractivity contribution < 1.29 is 9.53 Å². The summed E-state index contributed by atoms with van der Waals surface area (Å²) in [6.45, 7) is 0. The fraction of sp³-hybridized carbons (Fsp3) is 0.500. The van der Waals surface area contributed by atoms with Crippen molar-refractivity contribution in [1.29, 1.82) is 0 Å². The van der Waals surface area contributed by atoms with Crippen LogP contribution in [0.5, 0.6) is 5.75 Å². The molecule has 0 atom stereocenters. The van der Waals surface area contributed by atoms with Crippen LogP contribution in [0.2, 0.25) is 0 Å². The maximum atomic E-state index is 11.3. The lowest BCUT2D eigenvalue weighted by atomic mass is 9.76. The summed E-state index contributed by atoms with van der Waals surface area (Å²) in [6, 6.07) is 8.02. The average Bonchev–Trinajstić information content (AvgIpc) is 2.78. The minimum atomic E-state index is -0.213. The molecule has 3 heteroatoms. The SMILES string of the molecule is COc1cccc(C2(CC(N)=O)CCCC2)c1. The molecule has 1 aromatic rings. The zero-order valence-corrected chi connectivity index (χ0v) is 10.2. The highest BCUT2D eigenvalue weighted by Gasteiger charge is 2.37. The average molecular weight is 233 g/mol. The smallest absolute Gasteiger partial charge is 0.218 e. The van der Waals surface area contributed by atoms with Crippen LogP contribution in [0.1, 0.15) is 37.7 Å². The highest BCUT2D eigenvalue weighted by atomic mass is 16.5. The van der Waals surface area contributed by atoms with Gasteiger partial charge in [0.25, 0.3) is 0 Å². The quantitative estimate of drug-likeness (QED) is 0.868. The summed E-state index contributed by atoms with van der Waals surface area (Å²) >= 11 is 0. The summed E-state index contributed by atoms with van der Waals surface area (Å²) in [7, 11) is 1.66. The fourth-order valence-corrected chi connectivity index (χ4v) is 2.91. The Labute approximate surface area is 102 Å². The van der Waals surface area contributed by atoms with Crippen LogP contribution in [0.3, 0.4) is 0 Å². The fourth-order valence-electron chi connectivity index (χ4n) is 2.91. The molecule has 1 amide bonds. The summed E-state index contributed by atoms with van der Waals surface area (Å²) in [5, 5.41) is 0. The number of primary amides is 1. The van der Waals surface area contributed by atoms with E-state index in [0.717, 1.165) is 18.6 Å². The largest absolute Gasteiger partial charge is 0.497 e. The van der Waals surface area contributed by atoms with Gasteiger partial charge in [-0.25, -0.2) is 0 Å². The molecule has 0 spiro atoms. The third kappa shape index (κ3) is 2.43. The number of carbonyl (C=O) groups is 1. The van der Waals surface area contributed by atoms with Crippen LogP contribution in [0.25, 0.3) is 0 Å². The van der Waals surface area contributed by atoms with Gasteiger partial charge in [-0.05, 0) is 30.5 Å². The highest BCUT2D eigenvalue weighted by molar-refractivity contribution is 5.75. The molecule has 2 rings (SSSR count). The van der Waals surface area contributed by atoms with Gasteiger partial charge in [0.05, 0.1) is 7.11 Å². The Balaban J connectivity index is 2.34. The first-order chi connectivity index (χ1) is 8.16. The number of hydrogen-bond acceptors (Lipinski definition) is 2. The van der Waals surface area contributed by atoms with Gasteiger partial charge in [0.1, 0.15) is 5.75 Å². The molecule has 3 nitrogen and oxygen atoms in total. The lowest BCUT2D eigenvalue weighted by Gasteiger charge is -2.28. The summed E-state index contributed by atoms with van der Waals surface area (Å²) in [6.07, 6.45) is 4.88. The first kappa shape index (κ1) is 12.0. The molecule has 17 heavy (non-hydrogen) atoms. The molecule has 0 saturated heterocycles. The van der Waals surface area contributed by atoms with Crippen molar-refractivity contribution in [2.45, 2.75) is 37.5 Å². The topological polar surface area (TPSA) is 52.3 Å². The van der Waals surface area contributed by atoms with Gasteiger partial charge in [-0.3, -0.25) is 4.79 Å². The van der Waals surface area contributed by atoms with Crippen molar-refractivity contribution in [2.75, 3.05) is 7.11 Å². The monoisotopic (exact) mass is 233 g/mol. The molecule has 0 bridgehead atoms. The molecule has 0 aliphatic heterocycles. The molecule has 1 aliphatic rings. The van der Waals surface area contributed by atoms with Crippen molar-refractivity contribution in [1.82, 2.24) is 0 Å². The standard InChI is InChI=1S/C14H19NO2/c1-17-12-6-4-5-11(9-12)14(10-13(15)16)7-2-3-8-14/h4-6,9H,2-3,7-8,10H2,1H3,(H2,15,16). The maximum absolute atomic E-state index is 11.3. The van der Waals surface area contributed by atoms with E-state index in [1.165, 1.54) is 18.4 Å². The third-order valence-corrected chi connectivity index (χ3v) is 3.76. The predicted molar refractivity (Wildman–Crippen MR) is 67.0 cm³/mol. The van der Waals surface area contributed by atoms with Crippen molar-refractivity contribution in [3.63, 3.8) is 0 Å². The van der Waals surface area contributed by atoms with E-state index in [-0.39, 0.29) is 11.3 Å². The lowest BCUT2D eigenvalue weighted by molar-refractivity contribution is -0.119. The van der Waals surface area contributed by atoms with Crippen molar-refractivity contribution >= 4 is 5.91 Å². The van der Waals surface area contributed by atoms with Crippen LogP contribution in [-0.4, -0.2) is 13.0 Å². The zero-order valence-electron chi connectivity index (χ0n) is 10.2. The second-order valence-corrected chi connectivity index (χ2v) is 4.86. The summed E-state index contributed by atoms with van der Waals surface area (Å²) in [5.41, 5.74) is 6.53. The molecule has 1 saturated carbocycles. The van der Waals surface area contributed by atoms with Crippen LogP contribution >= 0.6 is 0 Å². The van der Waals surface area contributed by atoms with Gasteiger partial charge in [-0.15, -0.1) is 0 Å². The number of hydrogen-bond donors (Lipinski definition) is 1. The Morgan fingerprint density at radius 3 is 2.71 bits per heavy atom. The lowest BCUT2D eigenvalue weighted by Crippen LogP contribution is -2.29. The maximum Gasteiger partial charge on any atom is 0.218 e. The Morgan fingerprint density at radius 2 is 2.12 bits per heavy atom. The van der Waals surface area contributed by atoms with Gasteiger partial charge in [0.15, 0.2) is 0 Å². The van der Waals surface area contributed by atoms with E-state index in [4.69, 9.17) is 10.5 Å². The summed E-state index contributed by atoms with van der Waals surface area (Å²) in [4.78, 5) is 11.3. The molecule has 1 fully saturated rings. The predicted octanol–water partition coefficient (Wildman–Crippen LogP) is 2.38. The minimum Gasteiger partial charge on any atom is -0.497 e. The van der Waals surface area contributed by atoms with E-state index in [9.17, 15) is 4.79 Å². The number of benzene rings is 1. The Morgan fingerprint density at radius 1 is 1.41 bits per heavy atom. The van der Waals surface area contributed by atoms with E-state index in [1.807, 2.05) is 18.2 Å². The van der Waals surface area contributed by atoms with E-state index in [2.05, 4.69) is 6.07 Å². The van der Waals surface area contributed by atoms with Gasteiger partial charge >= 0.3 is 0 Å². The number of nitrogens with two attached hydrogens (primary N) is 1. The second-order valence-electron chi connectivity index (χ2n) is 4.86. The third-order valence-electron chi connectivity index (χ3n) is 3.76. The normalized spacial score (nSPS) is 17.9. The zero-order chi connectivity index (χ0) is 12.3. The van der Waals surface area contributed by atoms with Gasteiger partial charge in [-0.1, -0.05) is 25.0 Å². The molecule has 92 valence electrons.